The molecule has 2 N–H and O–H groups in total. The van der Waals surface area contributed by atoms with E-state index in [1.54, 1.807) is 11.0 Å². The van der Waals surface area contributed by atoms with Gasteiger partial charge in [0.25, 0.3) is 0 Å². The number of aliphatic hydroxyl groups excluding tert-OH is 1. The highest BCUT2D eigenvalue weighted by molar-refractivity contribution is 6.31. The van der Waals surface area contributed by atoms with Gasteiger partial charge in [-0.3, -0.25) is 9.59 Å². The largest absolute Gasteiger partial charge is 0.395 e. The summed E-state index contributed by atoms with van der Waals surface area (Å²) >= 11 is 6.29. The van der Waals surface area contributed by atoms with Gasteiger partial charge < -0.3 is 15.3 Å². The van der Waals surface area contributed by atoms with Gasteiger partial charge in [-0.1, -0.05) is 29.8 Å². The lowest BCUT2D eigenvalue weighted by molar-refractivity contribution is -0.143. The minimum atomic E-state index is -0.362. The molecule has 6 heteroatoms. The Balaban J connectivity index is 2.36. The van der Waals surface area contributed by atoms with Gasteiger partial charge in [0.2, 0.25) is 11.8 Å². The summed E-state index contributed by atoms with van der Waals surface area (Å²) < 4.78 is 0. The third-order valence-corrected chi connectivity index (χ3v) is 4.36. The Hall–Kier alpha value is -1.59. The molecule has 120 valence electrons. The highest BCUT2D eigenvalue weighted by Gasteiger charge is 2.40. The maximum atomic E-state index is 12.4. The number of nitrogens with one attached hydrogen (secondary N) is 1. The van der Waals surface area contributed by atoms with Crippen LogP contribution >= 0.6 is 11.6 Å². The number of rotatable bonds is 5. The van der Waals surface area contributed by atoms with E-state index >= 15 is 0 Å². The molecule has 1 aromatic rings. The Morgan fingerprint density at radius 2 is 2.18 bits per heavy atom. The van der Waals surface area contributed by atoms with Gasteiger partial charge in [-0.15, -0.1) is 0 Å². The summed E-state index contributed by atoms with van der Waals surface area (Å²) in [4.78, 5) is 26.3. The van der Waals surface area contributed by atoms with Crippen molar-refractivity contribution in [2.45, 2.75) is 25.8 Å². The van der Waals surface area contributed by atoms with Crippen molar-refractivity contribution in [3.63, 3.8) is 0 Å². The number of amides is 2. The summed E-state index contributed by atoms with van der Waals surface area (Å²) in [7, 11) is 0. The zero-order chi connectivity index (χ0) is 16.1. The smallest absolute Gasteiger partial charge is 0.225 e. The molecule has 22 heavy (non-hydrogen) atoms. The molecule has 2 amide bonds. The predicted octanol–water partition coefficient (Wildman–Crippen LogP) is 1.75. The Labute approximate surface area is 135 Å². The molecule has 0 saturated carbocycles. The van der Waals surface area contributed by atoms with Crippen molar-refractivity contribution >= 4 is 23.4 Å². The van der Waals surface area contributed by atoms with E-state index in [0.717, 1.165) is 5.56 Å². The maximum Gasteiger partial charge on any atom is 0.225 e. The lowest BCUT2D eigenvalue weighted by Gasteiger charge is -2.40. The first-order valence-electron chi connectivity index (χ1n) is 7.52. The van der Waals surface area contributed by atoms with E-state index in [4.69, 9.17) is 16.7 Å². The topological polar surface area (TPSA) is 69.6 Å². The number of hydrogen-bond donors (Lipinski definition) is 2. The molecule has 1 aromatic carbocycles. The summed E-state index contributed by atoms with van der Waals surface area (Å²) in [6, 6.07) is 6.95. The highest BCUT2D eigenvalue weighted by atomic mass is 35.5. The van der Waals surface area contributed by atoms with Crippen LogP contribution in [-0.2, 0) is 9.59 Å². The molecule has 0 spiro atoms. The molecule has 0 aliphatic carbocycles. The van der Waals surface area contributed by atoms with E-state index < -0.39 is 0 Å². The summed E-state index contributed by atoms with van der Waals surface area (Å²) in [5.41, 5.74) is 0.795. The van der Waals surface area contributed by atoms with E-state index in [9.17, 15) is 9.59 Å². The zero-order valence-corrected chi connectivity index (χ0v) is 13.3. The molecule has 1 saturated heterocycles. The molecule has 1 heterocycles. The van der Waals surface area contributed by atoms with Crippen LogP contribution in [0.3, 0.4) is 0 Å². The van der Waals surface area contributed by atoms with Gasteiger partial charge in [0.05, 0.1) is 18.6 Å². The average molecular weight is 325 g/mol. The molecular weight excluding hydrogens is 304 g/mol. The number of hydrogen-bond acceptors (Lipinski definition) is 3. The van der Waals surface area contributed by atoms with Crippen molar-refractivity contribution in [3.05, 3.63) is 34.9 Å². The van der Waals surface area contributed by atoms with E-state index in [1.807, 2.05) is 25.1 Å². The van der Waals surface area contributed by atoms with E-state index in [1.165, 1.54) is 0 Å². The van der Waals surface area contributed by atoms with Crippen LogP contribution in [0.1, 0.15) is 31.4 Å². The number of carbonyl (C=O) groups is 2. The molecule has 0 aromatic heterocycles. The second kappa shape index (κ2) is 7.61. The van der Waals surface area contributed by atoms with Crippen LogP contribution in [0.15, 0.2) is 24.3 Å². The number of nitrogens with zero attached hydrogens (tertiary/aromatic N) is 1. The summed E-state index contributed by atoms with van der Waals surface area (Å²) in [6.45, 7) is 2.53. The summed E-state index contributed by atoms with van der Waals surface area (Å²) in [5.74, 6) is -0.465. The van der Waals surface area contributed by atoms with Crippen LogP contribution in [0.4, 0.5) is 0 Å². The number of halogens is 1. The van der Waals surface area contributed by atoms with Crippen molar-refractivity contribution in [2.24, 2.45) is 5.92 Å². The Bertz CT molecular complexity index is 550. The number of carbonyl (C=O) groups excluding carboxylic acids is 2. The van der Waals surface area contributed by atoms with Crippen LogP contribution in [0, 0.1) is 5.92 Å². The van der Waals surface area contributed by atoms with Crippen molar-refractivity contribution in [3.8, 4) is 0 Å². The summed E-state index contributed by atoms with van der Waals surface area (Å²) in [5, 5.41) is 12.1. The van der Waals surface area contributed by atoms with Gasteiger partial charge in [0, 0.05) is 24.5 Å². The number of piperidine rings is 1. The fourth-order valence-corrected chi connectivity index (χ4v) is 3.26. The average Bonchev–Trinajstić information content (AvgIpc) is 2.52. The fraction of sp³-hybridized carbons (Fsp3) is 0.500. The van der Waals surface area contributed by atoms with Crippen LogP contribution in [-0.4, -0.2) is 41.5 Å². The number of benzene rings is 1. The van der Waals surface area contributed by atoms with Crippen molar-refractivity contribution in [2.75, 3.05) is 19.7 Å². The first-order chi connectivity index (χ1) is 10.6. The van der Waals surface area contributed by atoms with Gasteiger partial charge in [0.15, 0.2) is 0 Å². The minimum Gasteiger partial charge on any atom is -0.395 e. The molecule has 1 fully saturated rings. The first-order valence-corrected chi connectivity index (χ1v) is 7.90. The van der Waals surface area contributed by atoms with Crippen LogP contribution in [0.2, 0.25) is 5.02 Å². The van der Waals surface area contributed by atoms with E-state index in [2.05, 4.69) is 5.32 Å². The van der Waals surface area contributed by atoms with Gasteiger partial charge in [-0.05, 0) is 25.0 Å². The Morgan fingerprint density at radius 1 is 1.45 bits per heavy atom. The number of aliphatic hydroxyl groups is 1. The third-order valence-electron chi connectivity index (χ3n) is 4.02. The van der Waals surface area contributed by atoms with Gasteiger partial charge in [0.1, 0.15) is 0 Å². The van der Waals surface area contributed by atoms with Gasteiger partial charge in [-0.2, -0.15) is 0 Å². The summed E-state index contributed by atoms with van der Waals surface area (Å²) in [6.07, 6.45) is 0.842. The fourth-order valence-electron chi connectivity index (χ4n) is 3.01. The first kappa shape index (κ1) is 16.8. The zero-order valence-electron chi connectivity index (χ0n) is 12.6. The van der Waals surface area contributed by atoms with Crippen molar-refractivity contribution < 1.29 is 14.7 Å². The third kappa shape index (κ3) is 3.42. The molecule has 2 rings (SSSR count). The molecule has 0 bridgehead atoms. The van der Waals surface area contributed by atoms with E-state index in [0.29, 0.717) is 24.4 Å². The second-order valence-corrected chi connectivity index (χ2v) is 5.71. The van der Waals surface area contributed by atoms with Crippen LogP contribution in [0.25, 0.3) is 0 Å². The number of likely N-dealkylation sites (tertiary alicyclic amines) is 1. The second-order valence-electron chi connectivity index (χ2n) is 5.31. The standard InChI is InChI=1S/C16H21ClN2O3/c1-2-19-14(21)8-7-12(16(22)18-9-10-20)15(19)11-5-3-4-6-13(11)17/h3-6,12,15,20H,2,7-10H2,1H3,(H,18,22)/t12-,15+/m1/s1. The molecule has 1 aliphatic heterocycles. The lowest BCUT2D eigenvalue weighted by Crippen LogP contribution is -2.48. The quantitative estimate of drug-likeness (QED) is 0.867. The van der Waals surface area contributed by atoms with Gasteiger partial charge in [-0.25, -0.2) is 0 Å². The Morgan fingerprint density at radius 3 is 2.82 bits per heavy atom. The molecule has 5 nitrogen and oxygen atoms in total. The Kier molecular flexibility index (Phi) is 5.80. The van der Waals surface area contributed by atoms with Crippen molar-refractivity contribution in [1.29, 1.82) is 0 Å². The molecule has 2 atom stereocenters. The van der Waals surface area contributed by atoms with Crippen LogP contribution < -0.4 is 5.32 Å². The molecule has 0 unspecified atom stereocenters. The molecule has 0 radical (unpaired) electrons. The maximum absolute atomic E-state index is 12.4. The van der Waals surface area contributed by atoms with Crippen LogP contribution in [0.5, 0.6) is 0 Å². The van der Waals surface area contributed by atoms with Crippen molar-refractivity contribution in [1.82, 2.24) is 10.2 Å². The minimum absolute atomic E-state index is 0.0404. The van der Waals surface area contributed by atoms with E-state index in [-0.39, 0.29) is 36.9 Å². The molecule has 1 aliphatic rings. The highest BCUT2D eigenvalue weighted by Crippen LogP contribution is 2.39. The van der Waals surface area contributed by atoms with Gasteiger partial charge >= 0.3 is 0 Å². The normalized spacial score (nSPS) is 21.8. The molecular formula is C16H21ClN2O3. The monoisotopic (exact) mass is 324 g/mol. The predicted molar refractivity (Wildman–Crippen MR) is 84.4 cm³/mol. The SMILES string of the molecule is CCN1C(=O)CC[C@@H](C(=O)NCCO)[C@@H]1c1ccccc1Cl. The lowest BCUT2D eigenvalue weighted by atomic mass is 9.83.